The van der Waals surface area contributed by atoms with E-state index in [4.69, 9.17) is 4.74 Å². The van der Waals surface area contributed by atoms with Crippen molar-refractivity contribution in [1.82, 2.24) is 0 Å². The molecule has 24 heavy (non-hydrogen) atoms. The molecule has 0 amide bonds. The molecule has 8 atom stereocenters. The van der Waals surface area contributed by atoms with E-state index >= 15 is 0 Å². The van der Waals surface area contributed by atoms with Crippen LogP contribution >= 0.6 is 0 Å². The van der Waals surface area contributed by atoms with Gasteiger partial charge in [0.15, 0.2) is 0 Å². The predicted octanol–water partition coefficient (Wildman–Crippen LogP) is 2.41. The van der Waals surface area contributed by atoms with Crippen LogP contribution in [-0.4, -0.2) is 45.3 Å². The second-order valence-electron chi connectivity index (χ2n) is 9.97. The van der Waals surface area contributed by atoms with Crippen LogP contribution in [0.1, 0.15) is 59.3 Å². The van der Waals surface area contributed by atoms with E-state index in [2.05, 4.69) is 27.4 Å². The minimum Gasteiger partial charge on any atom is -0.396 e. The van der Waals surface area contributed by atoms with Gasteiger partial charge in [-0.1, -0.05) is 26.8 Å². The average molecular weight is 336 g/mol. The summed E-state index contributed by atoms with van der Waals surface area (Å²) in [5.74, 6) is 0.164. The Kier molecular flexibility index (Phi) is 3.29. The quantitative estimate of drug-likeness (QED) is 0.535. The number of fused-ring (bicyclic) bond motifs is 2. The number of epoxide rings is 1. The first kappa shape index (κ1) is 17.0. The molecular formula is C20H32O4. The zero-order chi connectivity index (χ0) is 17.6. The summed E-state index contributed by atoms with van der Waals surface area (Å²) < 4.78 is 6.24. The van der Waals surface area contributed by atoms with Crippen molar-refractivity contribution in [2.75, 3.05) is 6.61 Å². The number of rotatable bonds is 2. The summed E-state index contributed by atoms with van der Waals surface area (Å²) in [4.78, 5) is 0. The van der Waals surface area contributed by atoms with Gasteiger partial charge in [-0.25, -0.2) is 0 Å². The van der Waals surface area contributed by atoms with Crippen molar-refractivity contribution < 1.29 is 20.1 Å². The topological polar surface area (TPSA) is 73.2 Å². The van der Waals surface area contributed by atoms with E-state index in [0.29, 0.717) is 19.3 Å². The Morgan fingerprint density at radius 1 is 1.21 bits per heavy atom. The minimum atomic E-state index is -0.937. The van der Waals surface area contributed by atoms with Gasteiger partial charge >= 0.3 is 0 Å². The minimum absolute atomic E-state index is 0.00224. The average Bonchev–Trinajstić information content (AvgIpc) is 3.21. The molecule has 0 radical (unpaired) electrons. The standard InChI is InChI=1S/C20H32O4/c1-5-16(2)6-7-20(23)18(4)10-13(22)9-17(3,12-21)14(18)8-15-19(20,11-16)24-15/h5,13-15,21-23H,1,6-12H2,2-4H3/t13-,14+,15+,16-,17-,18+,19+,20+/m0/s1. The second-order valence-corrected chi connectivity index (χ2v) is 9.97. The molecule has 4 nitrogen and oxygen atoms in total. The summed E-state index contributed by atoms with van der Waals surface area (Å²) in [7, 11) is 0. The number of ether oxygens (including phenoxy) is 1. The smallest absolute Gasteiger partial charge is 0.125 e. The first-order chi connectivity index (χ1) is 11.1. The van der Waals surface area contributed by atoms with Crippen LogP contribution in [0.2, 0.25) is 0 Å². The lowest BCUT2D eigenvalue weighted by molar-refractivity contribution is -0.243. The van der Waals surface area contributed by atoms with Gasteiger partial charge in [-0.3, -0.25) is 0 Å². The van der Waals surface area contributed by atoms with Crippen molar-refractivity contribution in [2.24, 2.45) is 22.2 Å². The molecule has 4 rings (SSSR count). The van der Waals surface area contributed by atoms with Crippen LogP contribution in [0.15, 0.2) is 12.7 Å². The molecule has 0 aromatic carbocycles. The summed E-state index contributed by atoms with van der Waals surface area (Å²) >= 11 is 0. The van der Waals surface area contributed by atoms with Gasteiger partial charge in [-0.05, 0) is 55.3 Å². The molecule has 0 bridgehead atoms. The van der Waals surface area contributed by atoms with Crippen LogP contribution in [0, 0.1) is 22.2 Å². The van der Waals surface area contributed by atoms with Crippen molar-refractivity contribution in [3.8, 4) is 0 Å². The fourth-order valence-corrected chi connectivity index (χ4v) is 6.98. The monoisotopic (exact) mass is 336 g/mol. The third-order valence-electron chi connectivity index (χ3n) is 8.46. The maximum atomic E-state index is 12.0. The number of hydrogen-bond acceptors (Lipinski definition) is 4. The van der Waals surface area contributed by atoms with Gasteiger partial charge in [0.1, 0.15) is 11.2 Å². The van der Waals surface area contributed by atoms with Crippen molar-refractivity contribution in [1.29, 1.82) is 0 Å². The number of aliphatic hydroxyl groups is 3. The van der Waals surface area contributed by atoms with Crippen LogP contribution in [0.4, 0.5) is 0 Å². The highest BCUT2D eigenvalue weighted by Crippen LogP contribution is 2.74. The molecule has 1 saturated heterocycles. The lowest BCUT2D eigenvalue weighted by Gasteiger charge is -2.65. The molecule has 4 fully saturated rings. The van der Waals surface area contributed by atoms with E-state index in [1.807, 2.05) is 6.08 Å². The van der Waals surface area contributed by atoms with E-state index in [0.717, 1.165) is 19.3 Å². The van der Waals surface area contributed by atoms with Crippen molar-refractivity contribution in [3.05, 3.63) is 12.7 Å². The highest BCUT2D eigenvalue weighted by molar-refractivity contribution is 5.31. The van der Waals surface area contributed by atoms with E-state index in [1.54, 1.807) is 0 Å². The Labute approximate surface area is 144 Å². The Balaban J connectivity index is 1.79. The summed E-state index contributed by atoms with van der Waals surface area (Å²) in [6.07, 6.45) is 6.04. The molecule has 1 aliphatic heterocycles. The van der Waals surface area contributed by atoms with E-state index in [-0.39, 0.29) is 29.5 Å². The van der Waals surface area contributed by atoms with Crippen LogP contribution in [0.5, 0.6) is 0 Å². The summed E-state index contributed by atoms with van der Waals surface area (Å²) in [5.41, 5.74) is -2.23. The number of aliphatic hydroxyl groups excluding tert-OH is 2. The lowest BCUT2D eigenvalue weighted by Crippen LogP contribution is -2.71. The maximum Gasteiger partial charge on any atom is 0.125 e. The fraction of sp³-hybridized carbons (Fsp3) is 0.900. The van der Waals surface area contributed by atoms with Crippen LogP contribution in [-0.2, 0) is 4.74 Å². The first-order valence-corrected chi connectivity index (χ1v) is 9.41. The molecule has 0 aromatic heterocycles. The summed E-state index contributed by atoms with van der Waals surface area (Å²) in [6.45, 7) is 10.4. The van der Waals surface area contributed by atoms with E-state index in [9.17, 15) is 15.3 Å². The highest BCUT2D eigenvalue weighted by atomic mass is 16.6. The largest absolute Gasteiger partial charge is 0.396 e. The third-order valence-corrected chi connectivity index (χ3v) is 8.46. The zero-order valence-corrected chi connectivity index (χ0v) is 15.2. The fourth-order valence-electron chi connectivity index (χ4n) is 6.98. The van der Waals surface area contributed by atoms with Gasteiger partial charge in [0.05, 0.1) is 12.2 Å². The molecule has 4 heteroatoms. The highest BCUT2D eigenvalue weighted by Gasteiger charge is 2.81. The third kappa shape index (κ3) is 1.78. The van der Waals surface area contributed by atoms with Gasteiger partial charge in [0.25, 0.3) is 0 Å². The van der Waals surface area contributed by atoms with Gasteiger partial charge in [-0.2, -0.15) is 0 Å². The molecule has 0 unspecified atom stereocenters. The Morgan fingerprint density at radius 2 is 1.92 bits per heavy atom. The van der Waals surface area contributed by atoms with Gasteiger partial charge in [0.2, 0.25) is 0 Å². The molecule has 3 N–H and O–H groups in total. The molecular weight excluding hydrogens is 304 g/mol. The molecule has 136 valence electrons. The summed E-state index contributed by atoms with van der Waals surface area (Å²) in [5, 5.41) is 32.6. The predicted molar refractivity (Wildman–Crippen MR) is 91.4 cm³/mol. The summed E-state index contributed by atoms with van der Waals surface area (Å²) in [6, 6.07) is 0. The number of hydrogen-bond donors (Lipinski definition) is 3. The molecule has 0 aromatic rings. The molecule has 3 saturated carbocycles. The molecule has 3 aliphatic carbocycles. The van der Waals surface area contributed by atoms with Crippen LogP contribution in [0.25, 0.3) is 0 Å². The van der Waals surface area contributed by atoms with Crippen LogP contribution in [0.3, 0.4) is 0 Å². The second kappa shape index (κ2) is 4.64. The lowest BCUT2D eigenvalue weighted by atomic mass is 9.40. The van der Waals surface area contributed by atoms with Gasteiger partial charge < -0.3 is 20.1 Å². The molecule has 1 spiro atoms. The Hall–Kier alpha value is -0.420. The first-order valence-electron chi connectivity index (χ1n) is 9.41. The maximum absolute atomic E-state index is 12.0. The molecule has 1 heterocycles. The van der Waals surface area contributed by atoms with Gasteiger partial charge in [-0.15, -0.1) is 6.58 Å². The zero-order valence-electron chi connectivity index (χ0n) is 15.2. The SMILES string of the molecule is C=C[C@@]1(C)CC[C@@]2(O)[C@]3(C)C[C@@H](O)C[C@@](C)(CO)[C@H]3C[C@H]3O[C@]32C1. The van der Waals surface area contributed by atoms with E-state index in [1.165, 1.54) is 0 Å². The Bertz CT molecular complexity index is 578. The van der Waals surface area contributed by atoms with Crippen molar-refractivity contribution >= 4 is 0 Å². The Morgan fingerprint density at radius 3 is 2.54 bits per heavy atom. The number of allylic oxidation sites excluding steroid dienone is 1. The van der Waals surface area contributed by atoms with Gasteiger partial charge in [0, 0.05) is 12.0 Å². The normalized spacial score (nSPS) is 62.2. The van der Waals surface area contributed by atoms with E-state index < -0.39 is 22.7 Å². The molecule has 4 aliphatic rings. The van der Waals surface area contributed by atoms with Crippen molar-refractivity contribution in [3.63, 3.8) is 0 Å². The van der Waals surface area contributed by atoms with Crippen molar-refractivity contribution in [2.45, 2.75) is 82.7 Å². The van der Waals surface area contributed by atoms with Crippen LogP contribution < -0.4 is 0 Å².